The van der Waals surface area contributed by atoms with E-state index in [1.54, 1.807) is 37.4 Å². The molecule has 0 bridgehead atoms. The number of benzene rings is 2. The fourth-order valence-electron chi connectivity index (χ4n) is 2.52. The van der Waals surface area contributed by atoms with Crippen molar-refractivity contribution in [3.8, 4) is 17.4 Å². The third kappa shape index (κ3) is 5.20. The average molecular weight is 404 g/mol. The van der Waals surface area contributed by atoms with E-state index in [9.17, 15) is 9.59 Å². The molecule has 0 aliphatic rings. The first-order valence-electron chi connectivity index (χ1n) is 8.99. The van der Waals surface area contributed by atoms with Crippen molar-refractivity contribution in [3.05, 3.63) is 72.9 Å². The van der Waals surface area contributed by atoms with Gasteiger partial charge >= 0.3 is 0 Å². The molecule has 0 aliphatic carbocycles. The predicted molar refractivity (Wildman–Crippen MR) is 114 cm³/mol. The molecule has 0 spiro atoms. The number of rotatable bonds is 8. The van der Waals surface area contributed by atoms with Crippen molar-refractivity contribution < 1.29 is 19.1 Å². The summed E-state index contributed by atoms with van der Waals surface area (Å²) in [6.45, 7) is 4.82. The lowest BCUT2D eigenvalue weighted by Crippen LogP contribution is -2.07. The van der Waals surface area contributed by atoms with E-state index in [0.717, 1.165) is 0 Å². The molecule has 1 aromatic heterocycles. The number of Topliss-reactive ketones (excluding diaryl/α,β-unsaturated/α-hetero) is 1. The third-order valence-corrected chi connectivity index (χ3v) is 3.96. The zero-order valence-electron chi connectivity index (χ0n) is 16.5. The number of nitrogens with zero attached hydrogens (tertiary/aromatic N) is 2. The van der Waals surface area contributed by atoms with Gasteiger partial charge in [0.15, 0.2) is 5.78 Å². The monoisotopic (exact) mass is 404 g/mol. The van der Waals surface area contributed by atoms with E-state index in [-0.39, 0.29) is 29.1 Å². The molecule has 8 heteroatoms. The first-order valence-corrected chi connectivity index (χ1v) is 8.99. The van der Waals surface area contributed by atoms with Crippen LogP contribution in [0.2, 0.25) is 0 Å². The topological polar surface area (TPSA) is 102 Å². The minimum Gasteiger partial charge on any atom is -0.497 e. The zero-order chi connectivity index (χ0) is 21.5. The molecular formula is C22H20N4O4. The van der Waals surface area contributed by atoms with Gasteiger partial charge in [0.1, 0.15) is 11.5 Å². The van der Waals surface area contributed by atoms with Gasteiger partial charge in [-0.25, -0.2) is 4.98 Å². The number of anilines is 3. The zero-order valence-corrected chi connectivity index (χ0v) is 16.5. The third-order valence-electron chi connectivity index (χ3n) is 3.96. The molecule has 2 aromatic carbocycles. The van der Waals surface area contributed by atoms with E-state index in [1.807, 2.05) is 18.2 Å². The summed E-state index contributed by atoms with van der Waals surface area (Å²) in [5.74, 6) is 0.826. The number of aromatic nitrogens is 2. The van der Waals surface area contributed by atoms with Crippen molar-refractivity contribution >= 4 is 29.0 Å². The molecule has 0 unspecified atom stereocenters. The van der Waals surface area contributed by atoms with E-state index < -0.39 is 0 Å². The Balaban J connectivity index is 1.88. The van der Waals surface area contributed by atoms with Gasteiger partial charge < -0.3 is 20.1 Å². The normalized spacial score (nSPS) is 10.1. The molecule has 0 fully saturated rings. The summed E-state index contributed by atoms with van der Waals surface area (Å²) in [7, 11) is 1.58. The molecule has 152 valence electrons. The molecule has 0 saturated heterocycles. The van der Waals surface area contributed by atoms with Gasteiger partial charge in [-0.2, -0.15) is 4.98 Å². The van der Waals surface area contributed by atoms with E-state index >= 15 is 0 Å². The van der Waals surface area contributed by atoms with Crippen molar-refractivity contribution in [2.24, 2.45) is 0 Å². The number of carbonyl (C=O) groups excluding carboxylic acids is 2. The Kier molecular flexibility index (Phi) is 6.39. The molecule has 1 heterocycles. The molecule has 2 N–H and O–H groups in total. The Morgan fingerprint density at radius 1 is 1.07 bits per heavy atom. The van der Waals surface area contributed by atoms with Crippen LogP contribution in [0, 0.1) is 0 Å². The van der Waals surface area contributed by atoms with Crippen molar-refractivity contribution in [1.82, 2.24) is 9.97 Å². The maximum absolute atomic E-state index is 12.0. The van der Waals surface area contributed by atoms with Crippen molar-refractivity contribution in [2.45, 2.75) is 6.92 Å². The number of hydrogen-bond acceptors (Lipinski definition) is 7. The molecule has 3 rings (SSSR count). The molecule has 0 atom stereocenters. The van der Waals surface area contributed by atoms with E-state index in [2.05, 4.69) is 27.2 Å². The van der Waals surface area contributed by atoms with Gasteiger partial charge in [-0.3, -0.25) is 9.59 Å². The van der Waals surface area contributed by atoms with E-state index in [4.69, 9.17) is 9.47 Å². The molecule has 3 aromatic rings. The summed E-state index contributed by atoms with van der Waals surface area (Å²) in [4.78, 5) is 32.0. The van der Waals surface area contributed by atoms with Gasteiger partial charge in [-0.15, -0.1) is 0 Å². The van der Waals surface area contributed by atoms with E-state index in [0.29, 0.717) is 22.9 Å². The van der Waals surface area contributed by atoms with Gasteiger partial charge in [0.2, 0.25) is 17.7 Å². The Hall–Kier alpha value is -4.20. The Labute approximate surface area is 173 Å². The summed E-state index contributed by atoms with van der Waals surface area (Å²) < 4.78 is 11.0. The van der Waals surface area contributed by atoms with Gasteiger partial charge in [0.25, 0.3) is 0 Å². The number of ketones is 1. The van der Waals surface area contributed by atoms with Gasteiger partial charge in [0.05, 0.1) is 12.7 Å². The fourth-order valence-corrected chi connectivity index (χ4v) is 2.52. The van der Waals surface area contributed by atoms with Crippen LogP contribution in [0.15, 0.2) is 67.4 Å². The molecule has 0 saturated carbocycles. The maximum atomic E-state index is 12.0. The van der Waals surface area contributed by atoms with Crippen LogP contribution in [0.4, 0.5) is 17.3 Å². The lowest BCUT2D eigenvalue weighted by molar-refractivity contribution is -0.111. The SMILES string of the molecule is C=CC(=O)Nc1cccc(Oc2nc(Nc3cccc(OC)c3)ncc2C(C)=O)c1. The van der Waals surface area contributed by atoms with Crippen LogP contribution >= 0.6 is 0 Å². The van der Waals surface area contributed by atoms with Crippen LogP contribution < -0.4 is 20.1 Å². The fraction of sp³-hybridized carbons (Fsp3) is 0.0909. The predicted octanol–water partition coefficient (Wildman–Crippen LogP) is 4.35. The molecule has 0 radical (unpaired) electrons. The smallest absolute Gasteiger partial charge is 0.247 e. The van der Waals surface area contributed by atoms with E-state index in [1.165, 1.54) is 19.2 Å². The largest absolute Gasteiger partial charge is 0.497 e. The number of carbonyl (C=O) groups is 2. The molecule has 8 nitrogen and oxygen atoms in total. The number of methoxy groups -OCH3 is 1. The summed E-state index contributed by atoms with van der Waals surface area (Å²) in [6, 6.07) is 14.0. The Morgan fingerprint density at radius 2 is 1.77 bits per heavy atom. The average Bonchev–Trinajstić information content (AvgIpc) is 2.74. The van der Waals surface area contributed by atoms with Crippen LogP contribution in [0.1, 0.15) is 17.3 Å². The van der Waals surface area contributed by atoms with Gasteiger partial charge in [-0.1, -0.05) is 18.7 Å². The first-order chi connectivity index (χ1) is 14.5. The minimum absolute atomic E-state index is 0.0927. The lowest BCUT2D eigenvalue weighted by atomic mass is 10.2. The van der Waals surface area contributed by atoms with Crippen molar-refractivity contribution in [2.75, 3.05) is 17.7 Å². The quantitative estimate of drug-likeness (QED) is 0.425. The summed E-state index contributed by atoms with van der Waals surface area (Å²) in [6.07, 6.45) is 2.57. The number of amides is 1. The minimum atomic E-state index is -0.344. The molecule has 30 heavy (non-hydrogen) atoms. The second-order valence-corrected chi connectivity index (χ2v) is 6.15. The van der Waals surface area contributed by atoms with Crippen LogP contribution in [0.3, 0.4) is 0 Å². The number of ether oxygens (including phenoxy) is 2. The summed E-state index contributed by atoms with van der Waals surface area (Å²) in [5.41, 5.74) is 1.46. The highest BCUT2D eigenvalue weighted by Crippen LogP contribution is 2.28. The van der Waals surface area contributed by atoms with Crippen LogP contribution in [-0.4, -0.2) is 28.8 Å². The lowest BCUT2D eigenvalue weighted by Gasteiger charge is -2.12. The second kappa shape index (κ2) is 9.33. The van der Waals surface area contributed by atoms with Crippen LogP contribution in [-0.2, 0) is 4.79 Å². The Morgan fingerprint density at radius 3 is 2.47 bits per heavy atom. The van der Waals surface area contributed by atoms with Crippen LogP contribution in [0.25, 0.3) is 0 Å². The highest BCUT2D eigenvalue weighted by molar-refractivity contribution is 5.99. The van der Waals surface area contributed by atoms with Gasteiger partial charge in [-0.05, 0) is 37.3 Å². The molecular weight excluding hydrogens is 384 g/mol. The number of nitrogens with one attached hydrogen (secondary N) is 2. The second-order valence-electron chi connectivity index (χ2n) is 6.15. The Bertz CT molecular complexity index is 1100. The maximum Gasteiger partial charge on any atom is 0.247 e. The van der Waals surface area contributed by atoms with Crippen LogP contribution in [0.5, 0.6) is 17.4 Å². The van der Waals surface area contributed by atoms with Crippen molar-refractivity contribution in [1.29, 1.82) is 0 Å². The van der Waals surface area contributed by atoms with Crippen molar-refractivity contribution in [3.63, 3.8) is 0 Å². The number of hydrogen-bond donors (Lipinski definition) is 2. The highest BCUT2D eigenvalue weighted by atomic mass is 16.5. The van der Waals surface area contributed by atoms with Gasteiger partial charge in [0, 0.05) is 29.7 Å². The molecule has 1 amide bonds. The summed E-state index contributed by atoms with van der Waals surface area (Å²) >= 11 is 0. The highest BCUT2D eigenvalue weighted by Gasteiger charge is 2.14. The standard InChI is InChI=1S/C22H20N4O4/c1-4-20(28)24-15-7-6-10-18(12-15)30-21-19(14(2)27)13-23-22(26-21)25-16-8-5-9-17(11-16)29-3/h4-13H,1H2,2-3H3,(H,24,28)(H,23,25,26). The first kappa shape index (κ1) is 20.5. The molecule has 0 aliphatic heterocycles. The summed E-state index contributed by atoms with van der Waals surface area (Å²) in [5, 5.41) is 5.70.